The van der Waals surface area contributed by atoms with Crippen LogP contribution in [0, 0.1) is 5.82 Å². The molecule has 2 N–H and O–H groups in total. The fourth-order valence-corrected chi connectivity index (χ4v) is 2.95. The quantitative estimate of drug-likeness (QED) is 0.914. The third kappa shape index (κ3) is 3.19. The minimum atomic E-state index is -0.423. The van der Waals surface area contributed by atoms with E-state index in [-0.39, 0.29) is 18.1 Å². The SMILES string of the molecule is COC1CCN(C(=O)c2cc(F)ccc2Br)C(CN)C1. The van der Waals surface area contributed by atoms with Gasteiger partial charge in [0.05, 0.1) is 11.7 Å². The van der Waals surface area contributed by atoms with Crippen molar-refractivity contribution in [2.75, 3.05) is 20.2 Å². The predicted octanol–water partition coefficient (Wildman–Crippen LogP) is 2.17. The Labute approximate surface area is 126 Å². The van der Waals surface area contributed by atoms with Crippen LogP contribution in [0.5, 0.6) is 0 Å². The number of rotatable bonds is 3. The summed E-state index contributed by atoms with van der Waals surface area (Å²) in [5.41, 5.74) is 6.09. The van der Waals surface area contributed by atoms with Crippen molar-refractivity contribution >= 4 is 21.8 Å². The van der Waals surface area contributed by atoms with Gasteiger partial charge in [-0.15, -0.1) is 0 Å². The largest absolute Gasteiger partial charge is 0.381 e. The molecule has 0 spiro atoms. The van der Waals surface area contributed by atoms with E-state index in [1.165, 1.54) is 12.1 Å². The fourth-order valence-electron chi connectivity index (χ4n) is 2.54. The molecule has 1 aliphatic heterocycles. The molecule has 0 saturated carbocycles. The van der Waals surface area contributed by atoms with Gasteiger partial charge in [0, 0.05) is 30.7 Å². The van der Waals surface area contributed by atoms with E-state index in [9.17, 15) is 9.18 Å². The summed E-state index contributed by atoms with van der Waals surface area (Å²) in [5.74, 6) is -0.617. The number of nitrogens with zero attached hydrogens (tertiary/aromatic N) is 1. The van der Waals surface area contributed by atoms with Crippen molar-refractivity contribution in [3.05, 3.63) is 34.1 Å². The van der Waals surface area contributed by atoms with Crippen molar-refractivity contribution in [3.63, 3.8) is 0 Å². The van der Waals surface area contributed by atoms with Crippen LogP contribution < -0.4 is 5.73 Å². The van der Waals surface area contributed by atoms with Gasteiger partial charge in [-0.3, -0.25) is 4.79 Å². The van der Waals surface area contributed by atoms with Crippen molar-refractivity contribution in [1.82, 2.24) is 4.90 Å². The molecule has 0 bridgehead atoms. The third-order valence-electron chi connectivity index (χ3n) is 3.69. The second kappa shape index (κ2) is 6.65. The first-order chi connectivity index (χ1) is 9.56. The summed E-state index contributed by atoms with van der Waals surface area (Å²) in [5, 5.41) is 0. The predicted molar refractivity (Wildman–Crippen MR) is 78.0 cm³/mol. The molecular weight excluding hydrogens is 327 g/mol. The number of hydrogen-bond donors (Lipinski definition) is 1. The molecular formula is C14H18BrFN2O2. The van der Waals surface area contributed by atoms with Gasteiger partial charge in [-0.05, 0) is 47.0 Å². The molecule has 1 saturated heterocycles. The molecule has 1 aromatic rings. The lowest BCUT2D eigenvalue weighted by atomic mass is 9.98. The van der Waals surface area contributed by atoms with Crippen molar-refractivity contribution in [2.24, 2.45) is 5.73 Å². The molecule has 6 heteroatoms. The Hall–Kier alpha value is -0.980. The van der Waals surface area contributed by atoms with Gasteiger partial charge < -0.3 is 15.4 Å². The summed E-state index contributed by atoms with van der Waals surface area (Å²) in [6.07, 6.45) is 1.61. The summed E-state index contributed by atoms with van der Waals surface area (Å²) in [6.45, 7) is 0.945. The highest BCUT2D eigenvalue weighted by molar-refractivity contribution is 9.10. The second-order valence-electron chi connectivity index (χ2n) is 4.89. The Kier molecular flexibility index (Phi) is 5.12. The maximum absolute atomic E-state index is 13.3. The number of likely N-dealkylation sites (tertiary alicyclic amines) is 1. The Bertz CT molecular complexity index is 498. The number of carbonyl (C=O) groups excluding carboxylic acids is 1. The first kappa shape index (κ1) is 15.4. The summed E-state index contributed by atoms with van der Waals surface area (Å²) in [6, 6.07) is 4.04. The van der Waals surface area contributed by atoms with Gasteiger partial charge >= 0.3 is 0 Å². The lowest BCUT2D eigenvalue weighted by Crippen LogP contribution is -2.51. The molecule has 2 rings (SSSR count). The lowest BCUT2D eigenvalue weighted by Gasteiger charge is -2.38. The molecule has 0 aliphatic carbocycles. The first-order valence-electron chi connectivity index (χ1n) is 6.55. The number of amides is 1. The summed E-state index contributed by atoms with van der Waals surface area (Å²) in [4.78, 5) is 14.3. The molecule has 1 heterocycles. The van der Waals surface area contributed by atoms with Crippen LogP contribution in [0.25, 0.3) is 0 Å². The number of benzene rings is 1. The molecule has 110 valence electrons. The van der Waals surface area contributed by atoms with E-state index in [1.807, 2.05) is 0 Å². The second-order valence-corrected chi connectivity index (χ2v) is 5.75. The molecule has 20 heavy (non-hydrogen) atoms. The number of piperidine rings is 1. The van der Waals surface area contributed by atoms with E-state index in [1.54, 1.807) is 18.1 Å². The molecule has 0 radical (unpaired) electrons. The van der Waals surface area contributed by atoms with Gasteiger partial charge in [-0.25, -0.2) is 4.39 Å². The average molecular weight is 345 g/mol. The minimum absolute atomic E-state index is 0.0728. The van der Waals surface area contributed by atoms with Gasteiger partial charge in [0.15, 0.2) is 0 Å². The van der Waals surface area contributed by atoms with Crippen LogP contribution in [-0.4, -0.2) is 43.2 Å². The molecule has 0 aromatic heterocycles. The number of ether oxygens (including phenoxy) is 1. The summed E-state index contributed by atoms with van der Waals surface area (Å²) >= 11 is 3.29. The molecule has 1 aromatic carbocycles. The van der Waals surface area contributed by atoms with Crippen LogP contribution in [0.1, 0.15) is 23.2 Å². The van der Waals surface area contributed by atoms with Crippen molar-refractivity contribution in [1.29, 1.82) is 0 Å². The third-order valence-corrected chi connectivity index (χ3v) is 4.38. The Morgan fingerprint density at radius 3 is 3.00 bits per heavy atom. The highest BCUT2D eigenvalue weighted by Crippen LogP contribution is 2.25. The molecule has 2 atom stereocenters. The highest BCUT2D eigenvalue weighted by Gasteiger charge is 2.32. The van der Waals surface area contributed by atoms with E-state index in [0.717, 1.165) is 6.42 Å². The van der Waals surface area contributed by atoms with E-state index in [4.69, 9.17) is 10.5 Å². The highest BCUT2D eigenvalue weighted by atomic mass is 79.9. The number of halogens is 2. The van der Waals surface area contributed by atoms with Crippen LogP contribution in [0.4, 0.5) is 4.39 Å². The number of hydrogen-bond acceptors (Lipinski definition) is 3. The maximum Gasteiger partial charge on any atom is 0.255 e. The van der Waals surface area contributed by atoms with Crippen molar-refractivity contribution in [3.8, 4) is 0 Å². The summed E-state index contributed by atoms with van der Waals surface area (Å²) in [7, 11) is 1.67. The number of nitrogens with two attached hydrogens (primary N) is 1. The van der Waals surface area contributed by atoms with Gasteiger partial charge in [-0.2, -0.15) is 0 Å². The van der Waals surface area contributed by atoms with E-state index in [2.05, 4.69) is 15.9 Å². The van der Waals surface area contributed by atoms with Crippen molar-refractivity contribution in [2.45, 2.75) is 25.0 Å². The molecule has 1 amide bonds. The monoisotopic (exact) mass is 344 g/mol. The lowest BCUT2D eigenvalue weighted by molar-refractivity contribution is 0.0138. The van der Waals surface area contributed by atoms with Crippen LogP contribution >= 0.6 is 15.9 Å². The first-order valence-corrected chi connectivity index (χ1v) is 7.35. The summed E-state index contributed by atoms with van der Waals surface area (Å²) < 4.78 is 19.3. The van der Waals surface area contributed by atoms with E-state index in [0.29, 0.717) is 29.5 Å². The average Bonchev–Trinajstić information content (AvgIpc) is 2.48. The van der Waals surface area contributed by atoms with Crippen molar-refractivity contribution < 1.29 is 13.9 Å². The minimum Gasteiger partial charge on any atom is -0.381 e. The topological polar surface area (TPSA) is 55.6 Å². The molecule has 1 fully saturated rings. The van der Waals surface area contributed by atoms with Gasteiger partial charge in [0.25, 0.3) is 5.91 Å². The maximum atomic E-state index is 13.3. The Morgan fingerprint density at radius 1 is 1.60 bits per heavy atom. The zero-order chi connectivity index (χ0) is 14.7. The van der Waals surface area contributed by atoms with Gasteiger partial charge in [0.1, 0.15) is 5.82 Å². The molecule has 1 aliphatic rings. The molecule has 2 unspecified atom stereocenters. The zero-order valence-electron chi connectivity index (χ0n) is 11.3. The van der Waals surface area contributed by atoms with E-state index < -0.39 is 5.82 Å². The normalized spacial score (nSPS) is 22.9. The Balaban J connectivity index is 2.21. The molecule has 4 nitrogen and oxygen atoms in total. The van der Waals surface area contributed by atoms with Crippen LogP contribution in [-0.2, 0) is 4.74 Å². The standard InChI is InChI=1S/C14H18BrFN2O2/c1-20-11-4-5-18(10(7-11)8-17)14(19)12-6-9(16)2-3-13(12)15/h2-3,6,10-11H,4-5,7-8,17H2,1H3. The van der Waals surface area contributed by atoms with E-state index >= 15 is 0 Å². The number of carbonyl (C=O) groups is 1. The van der Waals surface area contributed by atoms with Crippen LogP contribution in [0.3, 0.4) is 0 Å². The smallest absolute Gasteiger partial charge is 0.255 e. The zero-order valence-corrected chi connectivity index (χ0v) is 12.9. The van der Waals surface area contributed by atoms with Crippen LogP contribution in [0.2, 0.25) is 0 Å². The fraction of sp³-hybridized carbons (Fsp3) is 0.500. The Morgan fingerprint density at radius 2 is 2.35 bits per heavy atom. The van der Waals surface area contributed by atoms with Gasteiger partial charge in [-0.1, -0.05) is 0 Å². The van der Waals surface area contributed by atoms with Crippen LogP contribution in [0.15, 0.2) is 22.7 Å². The number of methoxy groups -OCH3 is 1. The van der Waals surface area contributed by atoms with Gasteiger partial charge in [0.2, 0.25) is 0 Å².